The molecule has 0 aromatic heterocycles. The lowest BCUT2D eigenvalue weighted by Crippen LogP contribution is -2.30. The lowest BCUT2D eigenvalue weighted by molar-refractivity contribution is 0.0940. The lowest BCUT2D eigenvalue weighted by Gasteiger charge is -2.14. The summed E-state index contributed by atoms with van der Waals surface area (Å²) in [5, 5.41) is 3.22. The highest BCUT2D eigenvalue weighted by atomic mass is 35.5. The first kappa shape index (κ1) is 19.1. The molecule has 6 nitrogen and oxygen atoms in total. The van der Waals surface area contributed by atoms with Gasteiger partial charge >= 0.3 is 0 Å². The van der Waals surface area contributed by atoms with Crippen molar-refractivity contribution in [3.63, 3.8) is 0 Å². The van der Waals surface area contributed by atoms with E-state index in [-0.39, 0.29) is 16.5 Å². The van der Waals surface area contributed by atoms with Crippen molar-refractivity contribution in [2.24, 2.45) is 0 Å². The minimum atomic E-state index is -3.86. The number of ether oxygens (including phenoxy) is 1. The predicted octanol–water partition coefficient (Wildman–Crippen LogP) is 3.29. The number of carbonyl (C=O) groups is 1. The van der Waals surface area contributed by atoms with Crippen LogP contribution in [0.5, 0.6) is 5.75 Å². The van der Waals surface area contributed by atoms with E-state index in [1.54, 1.807) is 24.3 Å². The number of anilines is 1. The smallest absolute Gasteiger partial charge is 0.261 e. The maximum atomic E-state index is 12.6. The number of carbonyl (C=O) groups excluding carboxylic acids is 1. The van der Waals surface area contributed by atoms with Crippen molar-refractivity contribution in [3.05, 3.63) is 53.1 Å². The van der Waals surface area contributed by atoms with Crippen LogP contribution in [0.25, 0.3) is 0 Å². The van der Waals surface area contributed by atoms with Crippen LogP contribution in [-0.4, -0.2) is 27.5 Å². The molecule has 134 valence electrons. The number of hydrogen-bond donors (Lipinski definition) is 2. The van der Waals surface area contributed by atoms with E-state index in [0.29, 0.717) is 16.5 Å². The fourth-order valence-electron chi connectivity index (χ4n) is 2.10. The van der Waals surface area contributed by atoms with Crippen LogP contribution in [-0.2, 0) is 10.0 Å². The summed E-state index contributed by atoms with van der Waals surface area (Å²) in [4.78, 5) is 12.2. The Balaban J connectivity index is 2.37. The second-order valence-electron chi connectivity index (χ2n) is 5.60. The Bertz CT molecular complexity index is 865. The van der Waals surface area contributed by atoms with Crippen molar-refractivity contribution < 1.29 is 17.9 Å². The first-order valence-electron chi connectivity index (χ1n) is 7.50. The molecule has 0 aliphatic rings. The molecule has 0 bridgehead atoms. The minimum absolute atomic E-state index is 0.0443. The summed E-state index contributed by atoms with van der Waals surface area (Å²) in [6, 6.07) is 10.3. The van der Waals surface area contributed by atoms with Crippen molar-refractivity contribution in [2.45, 2.75) is 24.8 Å². The fourth-order valence-corrected chi connectivity index (χ4v) is 3.31. The highest BCUT2D eigenvalue weighted by Gasteiger charge is 2.20. The fraction of sp³-hybridized carbons (Fsp3) is 0.235. The Morgan fingerprint density at radius 1 is 1.12 bits per heavy atom. The molecule has 1 amide bonds. The van der Waals surface area contributed by atoms with Crippen LogP contribution in [0.3, 0.4) is 0 Å². The van der Waals surface area contributed by atoms with Crippen molar-refractivity contribution in [2.75, 3.05) is 11.8 Å². The van der Waals surface area contributed by atoms with Gasteiger partial charge in [-0.15, -0.1) is 0 Å². The quantitative estimate of drug-likeness (QED) is 0.802. The first-order valence-corrected chi connectivity index (χ1v) is 9.36. The van der Waals surface area contributed by atoms with Gasteiger partial charge in [0.05, 0.1) is 17.6 Å². The van der Waals surface area contributed by atoms with E-state index in [2.05, 4.69) is 10.0 Å². The van der Waals surface area contributed by atoms with E-state index in [4.69, 9.17) is 16.3 Å². The summed E-state index contributed by atoms with van der Waals surface area (Å²) in [5.74, 6) is -0.112. The van der Waals surface area contributed by atoms with Gasteiger partial charge in [0, 0.05) is 16.8 Å². The average Bonchev–Trinajstić information content (AvgIpc) is 2.55. The number of methoxy groups -OCH3 is 1. The van der Waals surface area contributed by atoms with Gasteiger partial charge in [-0.25, -0.2) is 8.42 Å². The molecule has 8 heteroatoms. The highest BCUT2D eigenvalue weighted by Crippen LogP contribution is 2.24. The van der Waals surface area contributed by atoms with Crippen LogP contribution in [0.15, 0.2) is 47.4 Å². The molecule has 0 aliphatic carbocycles. The van der Waals surface area contributed by atoms with Crippen molar-refractivity contribution in [1.29, 1.82) is 0 Å². The highest BCUT2D eigenvalue weighted by molar-refractivity contribution is 7.92. The molecular weight excluding hydrogens is 364 g/mol. The Labute approximate surface area is 152 Å². The van der Waals surface area contributed by atoms with Gasteiger partial charge in [0.1, 0.15) is 5.75 Å². The molecular formula is C17H19ClN2O4S. The normalized spacial score (nSPS) is 11.2. The average molecular weight is 383 g/mol. The Morgan fingerprint density at radius 2 is 1.76 bits per heavy atom. The molecule has 0 atom stereocenters. The zero-order chi connectivity index (χ0) is 18.6. The topological polar surface area (TPSA) is 84.5 Å². The van der Waals surface area contributed by atoms with Crippen LogP contribution in [0, 0.1) is 0 Å². The van der Waals surface area contributed by atoms with E-state index >= 15 is 0 Å². The molecule has 2 aromatic rings. The van der Waals surface area contributed by atoms with E-state index in [9.17, 15) is 13.2 Å². The largest absolute Gasteiger partial charge is 0.496 e. The molecule has 2 N–H and O–H groups in total. The standard InChI is InChI=1S/C17H19ClN2O4S/c1-11(2)19-17(21)15-10-14(8-9-16(15)24-3)25(22,23)20-13-6-4-12(18)5-7-13/h4-11,20H,1-3H3,(H,19,21). The van der Waals surface area contributed by atoms with Crippen LogP contribution >= 0.6 is 11.6 Å². The van der Waals surface area contributed by atoms with Crippen LogP contribution < -0.4 is 14.8 Å². The molecule has 0 aliphatic heterocycles. The number of halogens is 1. The third-order valence-electron chi connectivity index (χ3n) is 3.24. The Morgan fingerprint density at radius 3 is 2.32 bits per heavy atom. The van der Waals surface area contributed by atoms with E-state index in [1.165, 1.54) is 25.3 Å². The first-order chi connectivity index (χ1) is 11.7. The van der Waals surface area contributed by atoms with Crippen LogP contribution in [0.1, 0.15) is 24.2 Å². The third kappa shape index (κ3) is 4.87. The number of hydrogen-bond acceptors (Lipinski definition) is 4. The monoisotopic (exact) mass is 382 g/mol. The molecule has 0 fully saturated rings. The van der Waals surface area contributed by atoms with Crippen LogP contribution in [0.4, 0.5) is 5.69 Å². The van der Waals surface area contributed by atoms with Crippen LogP contribution in [0.2, 0.25) is 5.02 Å². The summed E-state index contributed by atoms with van der Waals surface area (Å²) >= 11 is 5.79. The van der Waals surface area contributed by atoms with Gasteiger partial charge < -0.3 is 10.1 Å². The summed E-state index contributed by atoms with van der Waals surface area (Å²) in [6.45, 7) is 3.63. The molecule has 2 rings (SSSR count). The SMILES string of the molecule is COc1ccc(S(=O)(=O)Nc2ccc(Cl)cc2)cc1C(=O)NC(C)C. The number of sulfonamides is 1. The zero-order valence-electron chi connectivity index (χ0n) is 14.0. The van der Waals surface area contributed by atoms with Crippen molar-refractivity contribution in [1.82, 2.24) is 5.32 Å². The zero-order valence-corrected chi connectivity index (χ0v) is 15.6. The molecule has 2 aromatic carbocycles. The number of benzene rings is 2. The predicted molar refractivity (Wildman–Crippen MR) is 97.9 cm³/mol. The van der Waals surface area contributed by atoms with Gasteiger partial charge in [-0.2, -0.15) is 0 Å². The molecule has 0 saturated carbocycles. The van der Waals surface area contributed by atoms with Gasteiger partial charge in [0.25, 0.3) is 15.9 Å². The maximum absolute atomic E-state index is 12.6. The minimum Gasteiger partial charge on any atom is -0.496 e. The van der Waals surface area contributed by atoms with Gasteiger partial charge in [0.15, 0.2) is 0 Å². The molecule has 0 spiro atoms. The van der Waals surface area contributed by atoms with Gasteiger partial charge in [-0.1, -0.05) is 11.6 Å². The van der Waals surface area contributed by atoms with Gasteiger partial charge in [-0.05, 0) is 56.3 Å². The third-order valence-corrected chi connectivity index (χ3v) is 4.87. The second-order valence-corrected chi connectivity index (χ2v) is 7.72. The lowest BCUT2D eigenvalue weighted by atomic mass is 10.2. The van der Waals surface area contributed by atoms with Crippen molar-refractivity contribution in [3.8, 4) is 5.75 Å². The molecule has 0 saturated heterocycles. The molecule has 0 radical (unpaired) electrons. The molecule has 25 heavy (non-hydrogen) atoms. The van der Waals surface area contributed by atoms with Crippen molar-refractivity contribution >= 4 is 33.2 Å². The maximum Gasteiger partial charge on any atom is 0.261 e. The Hall–Kier alpha value is -2.25. The van der Waals surface area contributed by atoms with E-state index in [1.807, 2.05) is 13.8 Å². The summed E-state index contributed by atoms with van der Waals surface area (Å²) < 4.78 is 32.7. The summed E-state index contributed by atoms with van der Waals surface area (Å²) in [7, 11) is -2.45. The summed E-state index contributed by atoms with van der Waals surface area (Å²) in [6.07, 6.45) is 0. The van der Waals surface area contributed by atoms with Gasteiger partial charge in [-0.3, -0.25) is 9.52 Å². The van der Waals surface area contributed by atoms with E-state index in [0.717, 1.165) is 0 Å². The molecule has 0 unspecified atom stereocenters. The number of rotatable bonds is 6. The molecule has 0 heterocycles. The van der Waals surface area contributed by atoms with E-state index < -0.39 is 15.9 Å². The Kier molecular flexibility index (Phi) is 5.92. The number of amides is 1. The van der Waals surface area contributed by atoms with Gasteiger partial charge in [0.2, 0.25) is 0 Å². The second kappa shape index (κ2) is 7.76. The summed E-state index contributed by atoms with van der Waals surface area (Å²) in [5.41, 5.74) is 0.517. The number of nitrogens with one attached hydrogen (secondary N) is 2.